The number of rotatable bonds is 3. The summed E-state index contributed by atoms with van der Waals surface area (Å²) in [7, 11) is 1.89. The van der Waals surface area contributed by atoms with Crippen molar-refractivity contribution in [2.45, 2.75) is 19.9 Å². The second kappa shape index (κ2) is 5.02. The third-order valence-corrected chi connectivity index (χ3v) is 3.41. The molecular weight excluding hydrogens is 280 g/mol. The van der Waals surface area contributed by atoms with E-state index in [9.17, 15) is 0 Å². The second-order valence-electron chi connectivity index (χ2n) is 4.06. The van der Waals surface area contributed by atoms with Gasteiger partial charge in [0.25, 0.3) is 0 Å². The van der Waals surface area contributed by atoms with Gasteiger partial charge in [-0.3, -0.25) is 0 Å². The van der Waals surface area contributed by atoms with E-state index in [1.165, 1.54) is 5.56 Å². The lowest BCUT2D eigenvalue weighted by Gasteiger charge is -2.05. The molecule has 4 heteroatoms. The van der Waals surface area contributed by atoms with Gasteiger partial charge in [-0.25, -0.2) is 4.98 Å². The molecule has 2 aromatic rings. The predicted octanol–water partition coefficient (Wildman–Crippen LogP) is 3.69. The van der Waals surface area contributed by atoms with Gasteiger partial charge in [-0.05, 0) is 33.0 Å². The number of hydrogen-bond donors (Lipinski definition) is 1. The van der Waals surface area contributed by atoms with Crippen LogP contribution < -0.4 is 5.32 Å². The first-order valence-corrected chi connectivity index (χ1v) is 6.30. The van der Waals surface area contributed by atoms with Gasteiger partial charge >= 0.3 is 0 Å². The fourth-order valence-electron chi connectivity index (χ4n) is 1.56. The summed E-state index contributed by atoms with van der Waals surface area (Å²) in [6, 6.07) is 6.28. The average Bonchev–Trinajstić information content (AvgIpc) is 2.80. The molecule has 0 spiro atoms. The Bertz CT molecular complexity index is 522. The lowest BCUT2D eigenvalue weighted by molar-refractivity contribution is 0.441. The smallest absolute Gasteiger partial charge is 0.211 e. The minimum atomic E-state index is 0.118. The molecule has 1 aromatic heterocycles. The van der Waals surface area contributed by atoms with Gasteiger partial charge in [0.2, 0.25) is 5.89 Å². The van der Waals surface area contributed by atoms with Crippen molar-refractivity contribution >= 4 is 15.9 Å². The summed E-state index contributed by atoms with van der Waals surface area (Å²) in [5, 5.41) is 3.10. The summed E-state index contributed by atoms with van der Waals surface area (Å²) in [6.07, 6.45) is 1.77. The molecule has 0 aliphatic heterocycles. The van der Waals surface area contributed by atoms with Crippen molar-refractivity contribution in [2.24, 2.45) is 0 Å². The van der Waals surface area contributed by atoms with Crippen LogP contribution in [0.25, 0.3) is 11.3 Å². The molecule has 1 unspecified atom stereocenters. The van der Waals surface area contributed by atoms with Crippen LogP contribution in [-0.2, 0) is 0 Å². The molecule has 3 nitrogen and oxygen atoms in total. The third kappa shape index (κ3) is 2.58. The quantitative estimate of drug-likeness (QED) is 0.938. The van der Waals surface area contributed by atoms with Crippen molar-refractivity contribution < 1.29 is 4.42 Å². The largest absolute Gasteiger partial charge is 0.439 e. The van der Waals surface area contributed by atoms with Crippen LogP contribution in [0.3, 0.4) is 0 Å². The molecule has 0 aliphatic carbocycles. The predicted molar refractivity (Wildman–Crippen MR) is 71.9 cm³/mol. The van der Waals surface area contributed by atoms with Crippen LogP contribution in [0.2, 0.25) is 0 Å². The van der Waals surface area contributed by atoms with Crippen LogP contribution in [0.4, 0.5) is 0 Å². The van der Waals surface area contributed by atoms with Crippen molar-refractivity contribution in [3.63, 3.8) is 0 Å². The molecule has 0 saturated heterocycles. The van der Waals surface area contributed by atoms with E-state index in [-0.39, 0.29) is 6.04 Å². The Labute approximate surface area is 109 Å². The Kier molecular flexibility index (Phi) is 3.64. The highest BCUT2D eigenvalue weighted by Crippen LogP contribution is 2.30. The number of oxazole rings is 1. The van der Waals surface area contributed by atoms with Crippen molar-refractivity contribution in [2.75, 3.05) is 7.05 Å². The summed E-state index contributed by atoms with van der Waals surface area (Å²) in [4.78, 5) is 4.28. The molecule has 1 N–H and O–H groups in total. The number of nitrogens with zero attached hydrogens (tertiary/aromatic N) is 1. The normalized spacial score (nSPS) is 12.7. The van der Waals surface area contributed by atoms with Gasteiger partial charge < -0.3 is 9.73 Å². The molecule has 1 heterocycles. The minimum absolute atomic E-state index is 0.118. The van der Waals surface area contributed by atoms with Crippen LogP contribution in [0.1, 0.15) is 24.4 Å². The van der Waals surface area contributed by atoms with Gasteiger partial charge in [-0.1, -0.05) is 27.6 Å². The molecule has 90 valence electrons. The summed E-state index contributed by atoms with van der Waals surface area (Å²) in [6.45, 7) is 4.07. The Morgan fingerprint density at radius 1 is 1.41 bits per heavy atom. The Balaban J connectivity index is 2.40. The van der Waals surface area contributed by atoms with Gasteiger partial charge in [0.15, 0.2) is 5.76 Å². The Hall–Kier alpha value is -1.13. The Morgan fingerprint density at radius 2 is 2.18 bits per heavy atom. The van der Waals surface area contributed by atoms with Crippen LogP contribution in [0.15, 0.2) is 33.3 Å². The lowest BCUT2D eigenvalue weighted by atomic mass is 10.1. The highest BCUT2D eigenvalue weighted by molar-refractivity contribution is 9.10. The molecule has 2 rings (SSSR count). The first-order valence-electron chi connectivity index (χ1n) is 5.51. The maximum Gasteiger partial charge on any atom is 0.211 e. The summed E-state index contributed by atoms with van der Waals surface area (Å²) in [5.74, 6) is 1.49. The van der Waals surface area contributed by atoms with Crippen molar-refractivity contribution in [3.8, 4) is 11.3 Å². The molecule has 1 atom stereocenters. The van der Waals surface area contributed by atoms with Gasteiger partial charge in [-0.15, -0.1) is 0 Å². The highest BCUT2D eigenvalue weighted by atomic mass is 79.9. The summed E-state index contributed by atoms with van der Waals surface area (Å²) < 4.78 is 6.77. The molecule has 0 amide bonds. The molecule has 0 radical (unpaired) electrons. The zero-order valence-corrected chi connectivity index (χ0v) is 11.7. The van der Waals surface area contributed by atoms with Gasteiger partial charge in [0.1, 0.15) is 0 Å². The van der Waals surface area contributed by atoms with E-state index < -0.39 is 0 Å². The fourth-order valence-corrected chi connectivity index (χ4v) is 2.01. The molecule has 0 fully saturated rings. The van der Waals surface area contributed by atoms with E-state index in [4.69, 9.17) is 4.42 Å². The van der Waals surface area contributed by atoms with Crippen LogP contribution in [0, 0.1) is 6.92 Å². The number of nitrogens with one attached hydrogen (secondary N) is 1. The maximum atomic E-state index is 5.75. The number of aryl methyl sites for hydroxylation is 1. The number of hydrogen-bond acceptors (Lipinski definition) is 3. The van der Waals surface area contributed by atoms with Crippen molar-refractivity contribution in [3.05, 3.63) is 40.3 Å². The molecule has 0 bridgehead atoms. The Morgan fingerprint density at radius 3 is 2.88 bits per heavy atom. The number of aromatic nitrogens is 1. The first kappa shape index (κ1) is 12.3. The maximum absolute atomic E-state index is 5.75. The van der Waals surface area contributed by atoms with Crippen LogP contribution in [-0.4, -0.2) is 12.0 Å². The van der Waals surface area contributed by atoms with Gasteiger partial charge in [-0.2, -0.15) is 0 Å². The highest BCUT2D eigenvalue weighted by Gasteiger charge is 2.13. The average molecular weight is 295 g/mol. The molecule has 17 heavy (non-hydrogen) atoms. The molecule has 1 aromatic carbocycles. The summed E-state index contributed by atoms with van der Waals surface area (Å²) >= 11 is 3.53. The number of halogens is 1. The monoisotopic (exact) mass is 294 g/mol. The van der Waals surface area contributed by atoms with E-state index in [0.29, 0.717) is 5.89 Å². The third-order valence-electron chi connectivity index (χ3n) is 2.71. The topological polar surface area (TPSA) is 38.1 Å². The van der Waals surface area contributed by atoms with E-state index >= 15 is 0 Å². The first-order chi connectivity index (χ1) is 8.11. The molecule has 0 aliphatic rings. The van der Waals surface area contributed by atoms with E-state index in [1.807, 2.05) is 20.0 Å². The zero-order valence-electron chi connectivity index (χ0n) is 10.1. The van der Waals surface area contributed by atoms with Gasteiger partial charge in [0.05, 0.1) is 12.2 Å². The van der Waals surface area contributed by atoms with Crippen LogP contribution in [0.5, 0.6) is 0 Å². The number of benzene rings is 1. The zero-order chi connectivity index (χ0) is 12.4. The van der Waals surface area contributed by atoms with E-state index in [0.717, 1.165) is 15.8 Å². The van der Waals surface area contributed by atoms with Crippen molar-refractivity contribution in [1.82, 2.24) is 10.3 Å². The molecular formula is C13H15BrN2O. The molecule has 0 saturated carbocycles. The summed E-state index contributed by atoms with van der Waals surface area (Å²) in [5.41, 5.74) is 2.23. The second-order valence-corrected chi connectivity index (χ2v) is 4.91. The van der Waals surface area contributed by atoms with Crippen LogP contribution >= 0.6 is 15.9 Å². The lowest BCUT2D eigenvalue weighted by Crippen LogP contribution is -2.12. The van der Waals surface area contributed by atoms with Crippen molar-refractivity contribution in [1.29, 1.82) is 0 Å². The standard InChI is InChI=1S/C13H15BrN2O/c1-8-4-5-11(14)10(6-8)12-7-16-13(17-12)9(2)15-3/h4-7,9,15H,1-3H3. The van der Waals surface area contributed by atoms with E-state index in [2.05, 4.69) is 45.3 Å². The van der Waals surface area contributed by atoms with Gasteiger partial charge in [0, 0.05) is 10.0 Å². The SMILES string of the molecule is CNC(C)c1ncc(-c2cc(C)ccc2Br)o1. The minimum Gasteiger partial charge on any atom is -0.439 e. The van der Waals surface area contributed by atoms with E-state index in [1.54, 1.807) is 6.20 Å². The fraction of sp³-hybridized carbons (Fsp3) is 0.308.